The number of carbonyl (C=O) groups is 1. The molecule has 5 nitrogen and oxygen atoms in total. The molecule has 0 saturated carbocycles. The van der Waals surface area contributed by atoms with Crippen LogP contribution in [0.15, 0.2) is 11.5 Å². The normalized spacial score (nSPS) is 22.7. The van der Waals surface area contributed by atoms with Crippen molar-refractivity contribution in [2.75, 3.05) is 6.61 Å². The lowest BCUT2D eigenvalue weighted by atomic mass is 10.4. The van der Waals surface area contributed by atoms with Gasteiger partial charge in [0.25, 0.3) is 0 Å². The van der Waals surface area contributed by atoms with Crippen LogP contribution in [0.5, 0.6) is 0 Å². The van der Waals surface area contributed by atoms with E-state index in [0.717, 1.165) is 6.42 Å². The molecule has 1 aromatic heterocycles. The third-order valence-electron chi connectivity index (χ3n) is 1.53. The first-order valence-electron chi connectivity index (χ1n) is 3.55. The van der Waals surface area contributed by atoms with Crippen molar-refractivity contribution in [3.8, 4) is 0 Å². The van der Waals surface area contributed by atoms with Crippen molar-refractivity contribution < 1.29 is 9.53 Å². The molecule has 64 valence electrons. The second kappa shape index (κ2) is 3.14. The molecular weight excluding hydrogens is 178 g/mol. The molecule has 1 aliphatic heterocycles. The van der Waals surface area contributed by atoms with Gasteiger partial charge in [0.05, 0.1) is 6.61 Å². The van der Waals surface area contributed by atoms with Crippen LogP contribution in [0.3, 0.4) is 0 Å². The Balaban J connectivity index is 1.99. The van der Waals surface area contributed by atoms with Crippen LogP contribution in [0.1, 0.15) is 6.42 Å². The minimum atomic E-state index is -0.156. The summed E-state index contributed by atoms with van der Waals surface area (Å²) < 4.78 is 4.79. The maximum Gasteiger partial charge on any atom is 0.319 e. The highest BCUT2D eigenvalue weighted by molar-refractivity contribution is 8.00. The van der Waals surface area contributed by atoms with Crippen molar-refractivity contribution in [1.82, 2.24) is 15.2 Å². The van der Waals surface area contributed by atoms with Gasteiger partial charge in [0, 0.05) is 6.42 Å². The van der Waals surface area contributed by atoms with Crippen LogP contribution in [-0.4, -0.2) is 33.0 Å². The molecule has 0 spiro atoms. The molecule has 2 rings (SSSR count). The van der Waals surface area contributed by atoms with Crippen molar-refractivity contribution in [1.29, 1.82) is 0 Å². The number of nitrogens with zero attached hydrogens (tertiary/aromatic N) is 2. The zero-order valence-electron chi connectivity index (χ0n) is 6.19. The summed E-state index contributed by atoms with van der Waals surface area (Å²) in [7, 11) is 0. The number of hydrogen-bond acceptors (Lipinski definition) is 5. The van der Waals surface area contributed by atoms with E-state index in [4.69, 9.17) is 4.74 Å². The summed E-state index contributed by atoms with van der Waals surface area (Å²) in [5, 5.41) is 6.91. The lowest BCUT2D eigenvalue weighted by molar-refractivity contribution is -0.137. The number of nitrogens with one attached hydrogen (secondary N) is 1. The molecule has 0 amide bonds. The zero-order valence-corrected chi connectivity index (χ0v) is 7.00. The molecule has 2 heterocycles. The van der Waals surface area contributed by atoms with Gasteiger partial charge in [0.1, 0.15) is 11.6 Å². The molecule has 6 heteroatoms. The lowest BCUT2D eigenvalue weighted by Gasteiger charge is -1.99. The summed E-state index contributed by atoms with van der Waals surface area (Å²) in [4.78, 5) is 14.9. The van der Waals surface area contributed by atoms with Crippen molar-refractivity contribution in [3.63, 3.8) is 0 Å². The maximum absolute atomic E-state index is 11.0. The number of thioether (sulfide) groups is 1. The van der Waals surface area contributed by atoms with Gasteiger partial charge >= 0.3 is 5.97 Å². The minimum absolute atomic E-state index is 0.113. The Labute approximate surface area is 72.9 Å². The van der Waals surface area contributed by atoms with E-state index in [-0.39, 0.29) is 11.2 Å². The second-order valence-electron chi connectivity index (χ2n) is 2.35. The molecule has 0 bridgehead atoms. The topological polar surface area (TPSA) is 67.9 Å². The van der Waals surface area contributed by atoms with Crippen molar-refractivity contribution >= 4 is 17.7 Å². The zero-order chi connectivity index (χ0) is 8.39. The summed E-state index contributed by atoms with van der Waals surface area (Å²) >= 11 is 1.36. The van der Waals surface area contributed by atoms with Gasteiger partial charge in [0.2, 0.25) is 0 Å². The number of ether oxygens (including phenoxy) is 1. The van der Waals surface area contributed by atoms with Crippen LogP contribution in [-0.2, 0) is 9.53 Å². The number of esters is 1. The first-order valence-corrected chi connectivity index (χ1v) is 4.43. The molecule has 1 fully saturated rings. The van der Waals surface area contributed by atoms with E-state index in [0.29, 0.717) is 11.8 Å². The first kappa shape index (κ1) is 7.60. The number of hydrogen-bond donors (Lipinski definition) is 1. The molecule has 0 radical (unpaired) electrons. The SMILES string of the molecule is O=C1OCC[C@H]1Sc1ncn[nH]1. The van der Waals surface area contributed by atoms with Crippen LogP contribution in [0.25, 0.3) is 0 Å². The van der Waals surface area contributed by atoms with Gasteiger partial charge in [-0.3, -0.25) is 9.89 Å². The lowest BCUT2D eigenvalue weighted by Crippen LogP contribution is -2.09. The molecule has 0 unspecified atom stereocenters. The molecule has 1 N–H and O–H groups in total. The van der Waals surface area contributed by atoms with Gasteiger partial charge in [-0.05, 0) is 0 Å². The van der Waals surface area contributed by atoms with Crippen LogP contribution >= 0.6 is 11.8 Å². The Kier molecular flexibility index (Phi) is 1.99. The first-order chi connectivity index (χ1) is 5.86. The number of rotatable bonds is 2. The monoisotopic (exact) mass is 185 g/mol. The summed E-state index contributed by atoms with van der Waals surface area (Å²) in [6.45, 7) is 0.518. The van der Waals surface area contributed by atoms with Gasteiger partial charge in [-0.15, -0.1) is 0 Å². The smallest absolute Gasteiger partial charge is 0.319 e. The quantitative estimate of drug-likeness (QED) is 0.667. The van der Waals surface area contributed by atoms with Gasteiger partial charge < -0.3 is 4.74 Å². The van der Waals surface area contributed by atoms with E-state index < -0.39 is 0 Å². The molecule has 1 aromatic rings. The third kappa shape index (κ3) is 1.42. The number of cyclic esters (lactones) is 1. The van der Waals surface area contributed by atoms with E-state index in [9.17, 15) is 4.79 Å². The highest BCUT2D eigenvalue weighted by Crippen LogP contribution is 2.25. The molecule has 1 aliphatic rings. The Morgan fingerprint density at radius 1 is 1.75 bits per heavy atom. The van der Waals surface area contributed by atoms with Crippen LogP contribution in [0.2, 0.25) is 0 Å². The fraction of sp³-hybridized carbons (Fsp3) is 0.500. The highest BCUT2D eigenvalue weighted by Gasteiger charge is 2.28. The van der Waals surface area contributed by atoms with Crippen LogP contribution in [0.4, 0.5) is 0 Å². The van der Waals surface area contributed by atoms with Gasteiger partial charge in [-0.2, -0.15) is 5.10 Å². The fourth-order valence-electron chi connectivity index (χ4n) is 0.970. The van der Waals surface area contributed by atoms with Crippen LogP contribution in [0, 0.1) is 0 Å². The number of H-pyrrole nitrogens is 1. The third-order valence-corrected chi connectivity index (χ3v) is 2.67. The standard InChI is InChI=1S/C6H7N3O2S/c10-5-4(1-2-11-5)12-6-7-3-8-9-6/h3-4H,1-2H2,(H,7,8,9)/t4-/m1/s1. The van der Waals surface area contributed by atoms with E-state index in [1.807, 2.05) is 0 Å². The average Bonchev–Trinajstić information content (AvgIpc) is 2.65. The van der Waals surface area contributed by atoms with Gasteiger partial charge in [-0.1, -0.05) is 11.8 Å². The van der Waals surface area contributed by atoms with Crippen LogP contribution < -0.4 is 0 Å². The van der Waals surface area contributed by atoms with Gasteiger partial charge in [-0.25, -0.2) is 4.98 Å². The Bertz CT molecular complexity index is 274. The molecule has 0 aromatic carbocycles. The summed E-state index contributed by atoms with van der Waals surface area (Å²) in [6, 6.07) is 0. The highest BCUT2D eigenvalue weighted by atomic mass is 32.2. The van der Waals surface area contributed by atoms with Crippen molar-refractivity contribution in [2.24, 2.45) is 0 Å². The summed E-state index contributed by atoms with van der Waals surface area (Å²) in [5.41, 5.74) is 0. The largest absolute Gasteiger partial charge is 0.465 e. The van der Waals surface area contributed by atoms with E-state index in [2.05, 4.69) is 15.2 Å². The molecule has 12 heavy (non-hydrogen) atoms. The van der Waals surface area contributed by atoms with Crippen molar-refractivity contribution in [2.45, 2.75) is 16.8 Å². The Hall–Kier alpha value is -1.04. The Morgan fingerprint density at radius 2 is 2.67 bits per heavy atom. The predicted octanol–water partition coefficient (Wildman–Crippen LogP) is 0.212. The molecule has 1 atom stereocenters. The van der Waals surface area contributed by atoms with E-state index in [1.165, 1.54) is 18.1 Å². The Morgan fingerprint density at radius 3 is 3.25 bits per heavy atom. The summed E-state index contributed by atoms with van der Waals surface area (Å²) in [5.74, 6) is -0.156. The predicted molar refractivity (Wildman–Crippen MR) is 41.6 cm³/mol. The van der Waals surface area contributed by atoms with Crippen molar-refractivity contribution in [3.05, 3.63) is 6.33 Å². The second-order valence-corrected chi connectivity index (χ2v) is 3.54. The minimum Gasteiger partial charge on any atom is -0.465 e. The number of aromatic nitrogens is 3. The fourth-order valence-corrected chi connectivity index (χ4v) is 1.83. The van der Waals surface area contributed by atoms with E-state index in [1.54, 1.807) is 0 Å². The maximum atomic E-state index is 11.0. The molecular formula is C6H7N3O2S. The van der Waals surface area contributed by atoms with E-state index >= 15 is 0 Å². The molecule has 1 saturated heterocycles. The molecule has 0 aliphatic carbocycles. The average molecular weight is 185 g/mol. The number of aromatic amines is 1. The summed E-state index contributed by atoms with van der Waals surface area (Å²) in [6.07, 6.45) is 2.17. The number of carbonyl (C=O) groups excluding carboxylic acids is 1. The van der Waals surface area contributed by atoms with Gasteiger partial charge in [0.15, 0.2) is 5.16 Å².